The highest BCUT2D eigenvalue weighted by molar-refractivity contribution is 6.07. The minimum absolute atomic E-state index is 0.00535. The van der Waals surface area contributed by atoms with Crippen molar-refractivity contribution in [3.63, 3.8) is 0 Å². The van der Waals surface area contributed by atoms with Gasteiger partial charge >= 0.3 is 0 Å². The van der Waals surface area contributed by atoms with E-state index < -0.39 is 0 Å². The number of aromatic nitrogens is 2. The maximum Gasteiger partial charge on any atom is 0.260 e. The van der Waals surface area contributed by atoms with Crippen LogP contribution in [0.4, 0.5) is 11.6 Å². The van der Waals surface area contributed by atoms with Crippen LogP contribution in [0.5, 0.6) is 0 Å². The molecule has 2 aliphatic heterocycles. The summed E-state index contributed by atoms with van der Waals surface area (Å²) in [4.78, 5) is 41.8. The zero-order valence-corrected chi connectivity index (χ0v) is 18.6. The molecule has 0 spiro atoms. The average Bonchev–Trinajstić information content (AvgIpc) is 3.32. The Kier molecular flexibility index (Phi) is 4.95. The third-order valence-electron chi connectivity index (χ3n) is 6.52. The van der Waals surface area contributed by atoms with E-state index in [1.165, 1.54) is 0 Å². The molecule has 1 fully saturated rings. The number of carbonyl (C=O) groups is 1. The first-order valence-electron chi connectivity index (χ1n) is 11.4. The summed E-state index contributed by atoms with van der Waals surface area (Å²) in [5, 5.41) is 0.578. The van der Waals surface area contributed by atoms with Crippen molar-refractivity contribution >= 4 is 34.2 Å². The number of nitrogens with zero attached hydrogens (tertiary/aromatic N) is 4. The quantitative estimate of drug-likeness (QED) is 0.519. The summed E-state index contributed by atoms with van der Waals surface area (Å²) in [6.07, 6.45) is 0.781. The number of nitrogens with one attached hydrogen (secondary N) is 1. The summed E-state index contributed by atoms with van der Waals surface area (Å²) in [7, 11) is 0. The van der Waals surface area contributed by atoms with Gasteiger partial charge in [0, 0.05) is 38.2 Å². The van der Waals surface area contributed by atoms with Gasteiger partial charge in [-0.1, -0.05) is 48.5 Å². The molecule has 0 unspecified atom stereocenters. The maximum absolute atomic E-state index is 13.2. The molecule has 2 aliphatic rings. The minimum atomic E-state index is -0.146. The SMILES string of the molecule is O=C(c1ccc2c(c1)N=C(c1ccccc1)C2)N1CCN(c2nc3ccccc3c(=O)[nH]2)CC1. The van der Waals surface area contributed by atoms with E-state index >= 15 is 0 Å². The lowest BCUT2D eigenvalue weighted by atomic mass is 10.0. The highest BCUT2D eigenvalue weighted by atomic mass is 16.2. The number of aliphatic imine (C=N–C) groups is 1. The number of aromatic amines is 1. The van der Waals surface area contributed by atoms with Crippen LogP contribution >= 0.6 is 0 Å². The van der Waals surface area contributed by atoms with Gasteiger partial charge in [0.25, 0.3) is 11.5 Å². The van der Waals surface area contributed by atoms with Gasteiger partial charge in [0.1, 0.15) is 0 Å². The number of rotatable bonds is 3. The molecule has 4 aromatic rings. The van der Waals surface area contributed by atoms with Gasteiger partial charge in [-0.25, -0.2) is 4.98 Å². The van der Waals surface area contributed by atoms with Crippen molar-refractivity contribution in [3.8, 4) is 0 Å². The Labute approximate surface area is 196 Å². The molecule has 0 atom stereocenters. The number of para-hydroxylation sites is 1. The molecule has 34 heavy (non-hydrogen) atoms. The number of carbonyl (C=O) groups excluding carboxylic acids is 1. The Balaban J connectivity index is 1.17. The average molecular weight is 450 g/mol. The Morgan fingerprint density at radius 1 is 0.882 bits per heavy atom. The third-order valence-corrected chi connectivity index (χ3v) is 6.52. The van der Waals surface area contributed by atoms with Crippen molar-refractivity contribution in [1.82, 2.24) is 14.9 Å². The second-order valence-corrected chi connectivity index (χ2v) is 8.63. The molecule has 0 aliphatic carbocycles. The fraction of sp³-hybridized carbons (Fsp3) is 0.185. The fourth-order valence-electron chi connectivity index (χ4n) is 4.64. The van der Waals surface area contributed by atoms with Gasteiger partial charge in [-0.3, -0.25) is 19.6 Å². The van der Waals surface area contributed by atoms with E-state index in [1.807, 2.05) is 64.4 Å². The monoisotopic (exact) mass is 449 g/mol. The van der Waals surface area contributed by atoms with Crippen LogP contribution in [0.1, 0.15) is 21.5 Å². The van der Waals surface area contributed by atoms with E-state index in [-0.39, 0.29) is 11.5 Å². The Morgan fingerprint density at radius 2 is 1.65 bits per heavy atom. The van der Waals surface area contributed by atoms with Crippen LogP contribution in [0.3, 0.4) is 0 Å². The molecule has 1 aromatic heterocycles. The molecule has 1 saturated heterocycles. The second kappa shape index (κ2) is 8.26. The van der Waals surface area contributed by atoms with Crippen molar-refractivity contribution in [1.29, 1.82) is 0 Å². The Hall–Kier alpha value is -4.26. The van der Waals surface area contributed by atoms with Gasteiger partial charge in [-0.15, -0.1) is 0 Å². The fourth-order valence-corrected chi connectivity index (χ4v) is 4.64. The molecule has 7 heteroatoms. The molecular weight excluding hydrogens is 426 g/mol. The summed E-state index contributed by atoms with van der Waals surface area (Å²) >= 11 is 0. The number of piperazine rings is 1. The Morgan fingerprint density at radius 3 is 2.47 bits per heavy atom. The normalized spacial score (nSPS) is 15.4. The lowest BCUT2D eigenvalue weighted by Gasteiger charge is -2.35. The summed E-state index contributed by atoms with van der Waals surface area (Å²) in [6, 6.07) is 23.3. The zero-order chi connectivity index (χ0) is 23.1. The van der Waals surface area contributed by atoms with E-state index in [0.29, 0.717) is 48.6 Å². The predicted octanol–water partition coefficient (Wildman–Crippen LogP) is 3.56. The van der Waals surface area contributed by atoms with Crippen molar-refractivity contribution in [2.24, 2.45) is 4.99 Å². The molecular formula is C27H23N5O2. The number of benzene rings is 3. The van der Waals surface area contributed by atoms with Crippen molar-refractivity contribution in [3.05, 3.63) is 99.8 Å². The number of anilines is 1. The largest absolute Gasteiger partial charge is 0.339 e. The highest BCUT2D eigenvalue weighted by Gasteiger charge is 2.25. The lowest BCUT2D eigenvalue weighted by Crippen LogP contribution is -2.49. The topological polar surface area (TPSA) is 81.7 Å². The molecule has 3 heterocycles. The molecule has 1 N–H and O–H groups in total. The van der Waals surface area contributed by atoms with Crippen LogP contribution in [0.25, 0.3) is 10.9 Å². The van der Waals surface area contributed by atoms with Crippen LogP contribution in [0, 0.1) is 0 Å². The van der Waals surface area contributed by atoms with Crippen molar-refractivity contribution in [2.45, 2.75) is 6.42 Å². The molecule has 6 rings (SSSR count). The summed E-state index contributed by atoms with van der Waals surface area (Å²) in [5.74, 6) is 0.557. The number of fused-ring (bicyclic) bond motifs is 2. The van der Waals surface area contributed by atoms with Crippen LogP contribution in [-0.4, -0.2) is 52.7 Å². The number of hydrogen-bond donors (Lipinski definition) is 1. The van der Waals surface area contributed by atoms with E-state index in [9.17, 15) is 9.59 Å². The minimum Gasteiger partial charge on any atom is -0.339 e. The van der Waals surface area contributed by atoms with Gasteiger partial charge in [0.15, 0.2) is 0 Å². The summed E-state index contributed by atoms with van der Waals surface area (Å²) in [6.45, 7) is 2.33. The van der Waals surface area contributed by atoms with Crippen LogP contribution in [-0.2, 0) is 6.42 Å². The van der Waals surface area contributed by atoms with Crippen molar-refractivity contribution in [2.75, 3.05) is 31.1 Å². The lowest BCUT2D eigenvalue weighted by molar-refractivity contribution is 0.0746. The number of amides is 1. The number of hydrogen-bond acceptors (Lipinski definition) is 5. The third kappa shape index (κ3) is 3.65. The van der Waals surface area contributed by atoms with Crippen LogP contribution in [0.15, 0.2) is 82.6 Å². The molecule has 0 radical (unpaired) electrons. The maximum atomic E-state index is 13.2. The standard InChI is InChI=1S/C27H23N5O2/c33-25-21-8-4-5-9-22(21)29-27(30-25)32-14-12-31(13-15-32)26(34)20-11-10-19-16-23(28-24(19)17-20)18-6-2-1-3-7-18/h1-11,17H,12-16H2,(H,29,30,33). The van der Waals surface area contributed by atoms with Gasteiger partial charge in [-0.05, 0) is 35.4 Å². The van der Waals surface area contributed by atoms with Crippen LogP contribution < -0.4 is 10.5 Å². The summed E-state index contributed by atoms with van der Waals surface area (Å²) < 4.78 is 0. The first-order chi connectivity index (χ1) is 16.7. The molecule has 1 amide bonds. The zero-order valence-electron chi connectivity index (χ0n) is 18.6. The van der Waals surface area contributed by atoms with Gasteiger partial charge < -0.3 is 9.80 Å². The first kappa shape index (κ1) is 20.4. The molecule has 168 valence electrons. The highest BCUT2D eigenvalue weighted by Crippen LogP contribution is 2.30. The molecule has 0 bridgehead atoms. The summed E-state index contributed by atoms with van der Waals surface area (Å²) in [5.41, 5.74) is 5.35. The Bertz CT molecular complexity index is 1480. The van der Waals surface area contributed by atoms with Gasteiger partial charge in [0.2, 0.25) is 5.95 Å². The second-order valence-electron chi connectivity index (χ2n) is 8.63. The first-order valence-corrected chi connectivity index (χ1v) is 11.4. The van der Waals surface area contributed by atoms with E-state index in [4.69, 9.17) is 4.99 Å². The van der Waals surface area contributed by atoms with Gasteiger partial charge in [0.05, 0.1) is 22.3 Å². The van der Waals surface area contributed by atoms with Crippen LogP contribution in [0.2, 0.25) is 0 Å². The van der Waals surface area contributed by atoms with E-state index in [2.05, 4.69) is 22.1 Å². The smallest absolute Gasteiger partial charge is 0.260 e. The van der Waals surface area contributed by atoms with E-state index in [1.54, 1.807) is 6.07 Å². The molecule has 3 aromatic carbocycles. The van der Waals surface area contributed by atoms with E-state index in [0.717, 1.165) is 28.9 Å². The molecule has 7 nitrogen and oxygen atoms in total. The van der Waals surface area contributed by atoms with Crippen molar-refractivity contribution < 1.29 is 4.79 Å². The van der Waals surface area contributed by atoms with Gasteiger partial charge in [-0.2, -0.15) is 0 Å². The number of H-pyrrole nitrogens is 1. The molecule has 0 saturated carbocycles. The predicted molar refractivity (Wildman–Crippen MR) is 133 cm³/mol.